The maximum Gasteiger partial charge on any atom is 0.221 e. The number of rotatable bonds is 3. The number of pyridine rings is 1. The van der Waals surface area contributed by atoms with E-state index in [1.54, 1.807) is 25.3 Å². The van der Waals surface area contributed by atoms with E-state index in [4.69, 9.17) is 5.21 Å². The molecule has 0 spiro atoms. The largest absolute Gasteiger partial charge is 0.411 e. The van der Waals surface area contributed by atoms with Crippen LogP contribution >= 0.6 is 0 Å². The number of hydrogen-bond donors (Lipinski definition) is 1. The van der Waals surface area contributed by atoms with Gasteiger partial charge in [-0.2, -0.15) is 0 Å². The molecule has 0 aliphatic rings. The monoisotopic (exact) mass is 337 g/mol. The van der Waals surface area contributed by atoms with Crippen LogP contribution in [0, 0.1) is 5.82 Å². The Kier molecular flexibility index (Phi) is 3.53. The highest BCUT2D eigenvalue weighted by molar-refractivity contribution is 5.97. The Labute approximate surface area is 140 Å². The Hall–Kier alpha value is -3.49. The molecular formula is C16H12FN7O. The summed E-state index contributed by atoms with van der Waals surface area (Å²) < 4.78 is 15.8. The number of benzene rings is 1. The van der Waals surface area contributed by atoms with E-state index in [0.717, 1.165) is 5.39 Å². The minimum atomic E-state index is -0.382. The van der Waals surface area contributed by atoms with Crippen LogP contribution in [0.15, 0.2) is 41.8 Å². The van der Waals surface area contributed by atoms with Crippen LogP contribution in [-0.2, 0) is 6.54 Å². The predicted octanol–water partition coefficient (Wildman–Crippen LogP) is 2.16. The topological polar surface area (TPSA) is 102 Å². The molecule has 1 aromatic carbocycles. The Bertz CT molecular complexity index is 1120. The highest BCUT2D eigenvalue weighted by Crippen LogP contribution is 2.19. The lowest BCUT2D eigenvalue weighted by molar-refractivity contribution is 0.319. The molecule has 0 radical (unpaired) electrons. The van der Waals surface area contributed by atoms with Crippen molar-refractivity contribution in [3.05, 3.63) is 53.7 Å². The molecule has 124 valence electrons. The third-order valence-electron chi connectivity index (χ3n) is 3.84. The summed E-state index contributed by atoms with van der Waals surface area (Å²) in [5.41, 5.74) is 2.44. The molecule has 0 aliphatic carbocycles. The van der Waals surface area contributed by atoms with Gasteiger partial charge in [-0.05, 0) is 19.1 Å². The Morgan fingerprint density at radius 3 is 3.04 bits per heavy atom. The van der Waals surface area contributed by atoms with E-state index in [-0.39, 0.29) is 12.4 Å². The molecule has 8 nitrogen and oxygen atoms in total. The average molecular weight is 337 g/mol. The second kappa shape index (κ2) is 5.86. The lowest BCUT2D eigenvalue weighted by Crippen LogP contribution is -2.07. The zero-order chi connectivity index (χ0) is 17.4. The standard InChI is InChI=1S/C16H12FN7O/c1-9(22-25)14-7-19-15-16(20-14)24(23-21-15)8-11-5-10-3-2-4-18-13(10)6-12(11)17/h2-7,25H,8H2,1H3/b22-9+. The van der Waals surface area contributed by atoms with Gasteiger partial charge in [0.25, 0.3) is 0 Å². The van der Waals surface area contributed by atoms with E-state index in [2.05, 4.69) is 30.4 Å². The molecule has 3 heterocycles. The van der Waals surface area contributed by atoms with Crippen LogP contribution in [0.1, 0.15) is 18.2 Å². The summed E-state index contributed by atoms with van der Waals surface area (Å²) in [6, 6.07) is 6.78. The number of fused-ring (bicyclic) bond motifs is 2. The van der Waals surface area contributed by atoms with Crippen LogP contribution in [0.5, 0.6) is 0 Å². The van der Waals surface area contributed by atoms with Gasteiger partial charge >= 0.3 is 0 Å². The first kappa shape index (κ1) is 15.1. The first-order chi connectivity index (χ1) is 12.2. The maximum absolute atomic E-state index is 14.4. The second-order valence-corrected chi connectivity index (χ2v) is 5.47. The van der Waals surface area contributed by atoms with Crippen LogP contribution in [0.4, 0.5) is 4.39 Å². The third kappa shape index (κ3) is 2.65. The number of hydrogen-bond acceptors (Lipinski definition) is 7. The Morgan fingerprint density at radius 2 is 2.20 bits per heavy atom. The van der Waals surface area contributed by atoms with E-state index in [9.17, 15) is 4.39 Å². The molecule has 0 atom stereocenters. The molecule has 0 saturated heterocycles. The van der Waals surface area contributed by atoms with Crippen molar-refractivity contribution in [2.24, 2.45) is 5.16 Å². The first-order valence-corrected chi connectivity index (χ1v) is 7.44. The van der Waals surface area contributed by atoms with Gasteiger partial charge in [0.2, 0.25) is 5.65 Å². The van der Waals surface area contributed by atoms with Gasteiger partial charge in [0.15, 0.2) is 5.65 Å². The number of oxime groups is 1. The minimum absolute atomic E-state index is 0.140. The number of nitrogens with zero attached hydrogens (tertiary/aromatic N) is 7. The van der Waals surface area contributed by atoms with Crippen LogP contribution in [-0.4, -0.2) is 40.9 Å². The molecule has 25 heavy (non-hydrogen) atoms. The molecule has 1 N–H and O–H groups in total. The summed E-state index contributed by atoms with van der Waals surface area (Å²) in [6.07, 6.45) is 3.06. The van der Waals surface area contributed by atoms with Crippen molar-refractivity contribution in [3.8, 4) is 0 Å². The van der Waals surface area contributed by atoms with Crippen molar-refractivity contribution in [2.45, 2.75) is 13.5 Å². The highest BCUT2D eigenvalue weighted by Gasteiger charge is 2.13. The fourth-order valence-corrected chi connectivity index (χ4v) is 2.51. The fourth-order valence-electron chi connectivity index (χ4n) is 2.51. The van der Waals surface area contributed by atoms with Gasteiger partial charge in [-0.15, -0.1) is 5.10 Å². The molecule has 0 fully saturated rings. The Balaban J connectivity index is 1.79. The molecule has 0 unspecified atom stereocenters. The van der Waals surface area contributed by atoms with Gasteiger partial charge in [-0.3, -0.25) is 4.98 Å². The van der Waals surface area contributed by atoms with E-state index in [0.29, 0.717) is 33.8 Å². The van der Waals surface area contributed by atoms with E-state index < -0.39 is 0 Å². The quantitative estimate of drug-likeness (QED) is 0.349. The molecule has 0 bridgehead atoms. The molecular weight excluding hydrogens is 325 g/mol. The normalized spacial score (nSPS) is 12.2. The summed E-state index contributed by atoms with van der Waals surface area (Å²) in [5.74, 6) is -0.382. The van der Waals surface area contributed by atoms with Crippen LogP contribution < -0.4 is 0 Å². The summed E-state index contributed by atoms with van der Waals surface area (Å²) in [6.45, 7) is 1.74. The van der Waals surface area contributed by atoms with E-state index in [1.165, 1.54) is 16.9 Å². The number of aromatic nitrogens is 6. The van der Waals surface area contributed by atoms with Crippen LogP contribution in [0.25, 0.3) is 22.2 Å². The summed E-state index contributed by atoms with van der Waals surface area (Å²) >= 11 is 0. The molecule has 4 aromatic rings. The molecule has 4 rings (SSSR count). The van der Waals surface area contributed by atoms with Gasteiger partial charge < -0.3 is 5.21 Å². The Morgan fingerprint density at radius 1 is 1.32 bits per heavy atom. The highest BCUT2D eigenvalue weighted by atomic mass is 19.1. The zero-order valence-electron chi connectivity index (χ0n) is 13.1. The SMILES string of the molecule is C/C(=N\O)c1cnc2nnn(Cc3cc4cccnc4cc3F)c2n1. The molecule has 3 aromatic heterocycles. The average Bonchev–Trinajstić information content (AvgIpc) is 3.04. The summed E-state index contributed by atoms with van der Waals surface area (Å²) in [4.78, 5) is 12.6. The third-order valence-corrected chi connectivity index (χ3v) is 3.84. The summed E-state index contributed by atoms with van der Waals surface area (Å²) in [7, 11) is 0. The van der Waals surface area contributed by atoms with Gasteiger partial charge in [0.05, 0.1) is 18.3 Å². The van der Waals surface area contributed by atoms with Crippen molar-refractivity contribution in [1.82, 2.24) is 29.9 Å². The van der Waals surface area contributed by atoms with Crippen molar-refractivity contribution in [1.29, 1.82) is 0 Å². The predicted molar refractivity (Wildman–Crippen MR) is 87.9 cm³/mol. The maximum atomic E-state index is 14.4. The number of halogens is 1. The van der Waals surface area contributed by atoms with E-state index >= 15 is 0 Å². The van der Waals surface area contributed by atoms with Gasteiger partial charge in [0.1, 0.15) is 17.2 Å². The zero-order valence-corrected chi connectivity index (χ0v) is 13.1. The van der Waals surface area contributed by atoms with Gasteiger partial charge in [-0.1, -0.05) is 16.4 Å². The van der Waals surface area contributed by atoms with Crippen LogP contribution in [0.3, 0.4) is 0 Å². The molecule has 0 amide bonds. The van der Waals surface area contributed by atoms with E-state index in [1.807, 2.05) is 6.07 Å². The van der Waals surface area contributed by atoms with Gasteiger partial charge in [0, 0.05) is 23.2 Å². The van der Waals surface area contributed by atoms with Crippen molar-refractivity contribution in [3.63, 3.8) is 0 Å². The molecule has 9 heteroatoms. The lowest BCUT2D eigenvalue weighted by Gasteiger charge is -2.06. The second-order valence-electron chi connectivity index (χ2n) is 5.47. The smallest absolute Gasteiger partial charge is 0.221 e. The van der Waals surface area contributed by atoms with Gasteiger partial charge in [-0.25, -0.2) is 19.0 Å². The molecule has 0 aliphatic heterocycles. The minimum Gasteiger partial charge on any atom is -0.411 e. The first-order valence-electron chi connectivity index (χ1n) is 7.44. The lowest BCUT2D eigenvalue weighted by atomic mass is 10.1. The van der Waals surface area contributed by atoms with Crippen molar-refractivity contribution in [2.75, 3.05) is 0 Å². The van der Waals surface area contributed by atoms with Crippen LogP contribution in [0.2, 0.25) is 0 Å². The molecule has 0 saturated carbocycles. The summed E-state index contributed by atoms with van der Waals surface area (Å²) in [5, 5.41) is 20.8. The van der Waals surface area contributed by atoms with Crippen molar-refractivity contribution < 1.29 is 9.60 Å². The van der Waals surface area contributed by atoms with Crippen molar-refractivity contribution >= 4 is 27.9 Å². The fraction of sp³-hybridized carbons (Fsp3) is 0.125.